The number of ether oxygens (including phenoxy) is 2. The lowest BCUT2D eigenvalue weighted by Gasteiger charge is -2.30. The summed E-state index contributed by atoms with van der Waals surface area (Å²) in [6.45, 7) is 7.85. The molecule has 12 nitrogen and oxygen atoms in total. The highest BCUT2D eigenvalue weighted by molar-refractivity contribution is 5.78. The van der Waals surface area contributed by atoms with Crippen molar-refractivity contribution < 1.29 is 24.2 Å². The van der Waals surface area contributed by atoms with Crippen LogP contribution in [0.2, 0.25) is 0 Å². The molecule has 0 radical (unpaired) electrons. The molecule has 0 aliphatic heterocycles. The smallest absolute Gasteiger partial charge is 0.344 e. The summed E-state index contributed by atoms with van der Waals surface area (Å²) in [7, 11) is 0. The highest BCUT2D eigenvalue weighted by atomic mass is 16.5. The van der Waals surface area contributed by atoms with E-state index in [4.69, 9.17) is 14.6 Å². The fourth-order valence-electron chi connectivity index (χ4n) is 2.77. The quantitative estimate of drug-likeness (QED) is 0.397. The van der Waals surface area contributed by atoms with Crippen molar-refractivity contribution in [1.29, 1.82) is 0 Å². The van der Waals surface area contributed by atoms with Crippen molar-refractivity contribution in [1.82, 2.24) is 30.3 Å². The Balaban J connectivity index is 1.75. The first-order valence-electron chi connectivity index (χ1n) is 10.2. The van der Waals surface area contributed by atoms with E-state index in [2.05, 4.69) is 25.6 Å². The second-order valence-corrected chi connectivity index (χ2v) is 8.60. The molecule has 2 rings (SSSR count). The molecule has 1 amide bonds. The number of aromatic amines is 1. The number of carboxylic acids is 1. The molecule has 0 bridgehead atoms. The number of carbonyl (C=O) groups is 2. The maximum atomic E-state index is 11.9. The van der Waals surface area contributed by atoms with Gasteiger partial charge >= 0.3 is 11.7 Å². The number of aromatic nitrogens is 5. The molecule has 0 unspecified atom stereocenters. The van der Waals surface area contributed by atoms with Gasteiger partial charge in [0.05, 0.1) is 11.8 Å². The van der Waals surface area contributed by atoms with Gasteiger partial charge < -0.3 is 24.9 Å². The Morgan fingerprint density at radius 2 is 1.97 bits per heavy atom. The number of carboxylic acid groups (broad SMARTS) is 1. The summed E-state index contributed by atoms with van der Waals surface area (Å²) in [6, 6.07) is 0. The number of amides is 1. The van der Waals surface area contributed by atoms with E-state index < -0.39 is 29.4 Å². The molecule has 3 N–H and O–H groups in total. The van der Waals surface area contributed by atoms with Gasteiger partial charge in [-0.3, -0.25) is 9.48 Å². The summed E-state index contributed by atoms with van der Waals surface area (Å²) < 4.78 is 12.5. The van der Waals surface area contributed by atoms with Gasteiger partial charge in [0, 0.05) is 36.6 Å². The molecule has 2 aromatic heterocycles. The Hall–Kier alpha value is -3.12. The number of nitrogens with zero attached hydrogens (tertiary/aromatic N) is 4. The molecule has 0 aliphatic carbocycles. The largest absolute Gasteiger partial charge is 0.480 e. The van der Waals surface area contributed by atoms with E-state index in [1.165, 1.54) is 12.4 Å². The molecule has 0 fully saturated rings. The van der Waals surface area contributed by atoms with Crippen LogP contribution in [0.15, 0.2) is 23.4 Å². The minimum absolute atomic E-state index is 0.308. The van der Waals surface area contributed by atoms with Gasteiger partial charge in [-0.25, -0.2) is 14.6 Å². The number of rotatable bonds is 13. The predicted molar refractivity (Wildman–Crippen MR) is 114 cm³/mol. The zero-order valence-corrected chi connectivity index (χ0v) is 18.8. The number of aryl methyl sites for hydroxylation is 1. The number of aliphatic carboxylic acids is 1. The van der Waals surface area contributed by atoms with Crippen LogP contribution in [0.3, 0.4) is 0 Å². The van der Waals surface area contributed by atoms with Crippen LogP contribution in [0.25, 0.3) is 11.3 Å². The van der Waals surface area contributed by atoms with Crippen LogP contribution in [-0.4, -0.2) is 72.9 Å². The predicted octanol–water partition coefficient (Wildman–Crippen LogP) is 0.600. The van der Waals surface area contributed by atoms with Gasteiger partial charge in [0.1, 0.15) is 18.9 Å². The van der Waals surface area contributed by atoms with Crippen LogP contribution in [0, 0.1) is 0 Å². The van der Waals surface area contributed by atoms with Gasteiger partial charge in [-0.2, -0.15) is 0 Å². The summed E-state index contributed by atoms with van der Waals surface area (Å²) in [5, 5.41) is 19.5. The Morgan fingerprint density at radius 1 is 1.22 bits per heavy atom. The summed E-state index contributed by atoms with van der Waals surface area (Å²) in [4.78, 5) is 39.6. The number of carbonyl (C=O) groups excluding carboxylic acids is 1. The maximum absolute atomic E-state index is 11.9. The van der Waals surface area contributed by atoms with Gasteiger partial charge in [-0.05, 0) is 40.5 Å². The van der Waals surface area contributed by atoms with Gasteiger partial charge in [-0.1, -0.05) is 5.21 Å². The summed E-state index contributed by atoms with van der Waals surface area (Å²) in [5.74, 6) is -1.50. The Bertz CT molecular complexity index is 947. The lowest BCUT2D eigenvalue weighted by molar-refractivity contribution is -0.143. The van der Waals surface area contributed by atoms with Gasteiger partial charge in [0.15, 0.2) is 0 Å². The average molecular weight is 450 g/mol. The van der Waals surface area contributed by atoms with Crippen molar-refractivity contribution >= 4 is 11.9 Å². The zero-order valence-electron chi connectivity index (χ0n) is 18.8. The van der Waals surface area contributed by atoms with Crippen molar-refractivity contribution in [2.75, 3.05) is 19.8 Å². The standard InChI is InChI=1S/C20H30N6O6/c1-19(2,23-16(27)12-31-13-17(28)29)6-8-32-20(3,4)5-7-26-11-15(24-25-26)14-9-21-18(30)22-10-14/h9-11H,5-8,12-13H2,1-4H3,(H,23,27)(H,28,29)(H,21,22,30). The molecule has 0 aromatic carbocycles. The average Bonchev–Trinajstić information content (AvgIpc) is 3.15. The van der Waals surface area contributed by atoms with E-state index in [1.807, 2.05) is 27.7 Å². The highest BCUT2D eigenvalue weighted by Gasteiger charge is 2.24. The van der Waals surface area contributed by atoms with Crippen LogP contribution in [0.1, 0.15) is 40.5 Å². The lowest BCUT2D eigenvalue weighted by Crippen LogP contribution is -2.46. The third kappa shape index (κ3) is 8.94. The maximum Gasteiger partial charge on any atom is 0.344 e. The molecular formula is C20H30N6O6. The van der Waals surface area contributed by atoms with Crippen LogP contribution < -0.4 is 11.0 Å². The third-order valence-electron chi connectivity index (χ3n) is 4.61. The summed E-state index contributed by atoms with van der Waals surface area (Å²) in [5.41, 5.74) is -0.114. The van der Waals surface area contributed by atoms with Gasteiger partial charge in [-0.15, -0.1) is 5.10 Å². The molecule has 12 heteroatoms. The molecule has 32 heavy (non-hydrogen) atoms. The Morgan fingerprint density at radius 3 is 2.62 bits per heavy atom. The SMILES string of the molecule is CC(C)(CCOC(C)(C)CCn1cc(-c2cnc(=O)[nH]c2)nn1)NC(=O)COCC(=O)O. The summed E-state index contributed by atoms with van der Waals surface area (Å²) >= 11 is 0. The summed E-state index contributed by atoms with van der Waals surface area (Å²) in [6.07, 6.45) is 5.99. The van der Waals surface area contributed by atoms with E-state index in [0.29, 0.717) is 37.3 Å². The number of hydrogen-bond acceptors (Lipinski definition) is 8. The Labute approximate surface area is 185 Å². The fraction of sp³-hybridized carbons (Fsp3) is 0.600. The van der Waals surface area contributed by atoms with Crippen molar-refractivity contribution in [3.8, 4) is 11.3 Å². The third-order valence-corrected chi connectivity index (χ3v) is 4.61. The molecule has 0 saturated heterocycles. The van der Waals surface area contributed by atoms with Crippen molar-refractivity contribution in [3.05, 3.63) is 29.1 Å². The molecule has 2 aromatic rings. The molecule has 0 saturated carbocycles. The minimum atomic E-state index is -1.12. The number of nitrogens with one attached hydrogen (secondary N) is 2. The lowest BCUT2D eigenvalue weighted by atomic mass is 10.0. The second-order valence-electron chi connectivity index (χ2n) is 8.60. The first kappa shape index (κ1) is 25.1. The first-order chi connectivity index (χ1) is 15.0. The van der Waals surface area contributed by atoms with E-state index in [9.17, 15) is 14.4 Å². The fourth-order valence-corrected chi connectivity index (χ4v) is 2.77. The van der Waals surface area contributed by atoms with Crippen LogP contribution in [0.4, 0.5) is 0 Å². The Kier molecular flexibility index (Phi) is 8.61. The van der Waals surface area contributed by atoms with Gasteiger partial charge in [0.2, 0.25) is 5.91 Å². The number of H-pyrrole nitrogens is 1. The van der Waals surface area contributed by atoms with Crippen molar-refractivity contribution in [2.24, 2.45) is 0 Å². The second kappa shape index (κ2) is 11.0. The zero-order chi connectivity index (χ0) is 23.8. The monoisotopic (exact) mass is 450 g/mol. The molecular weight excluding hydrogens is 420 g/mol. The van der Waals surface area contributed by atoms with E-state index in [0.717, 1.165) is 0 Å². The van der Waals surface area contributed by atoms with Crippen LogP contribution in [0.5, 0.6) is 0 Å². The number of hydrogen-bond donors (Lipinski definition) is 3. The molecule has 176 valence electrons. The van der Waals surface area contributed by atoms with E-state index in [-0.39, 0.29) is 12.5 Å². The van der Waals surface area contributed by atoms with Crippen LogP contribution in [-0.2, 0) is 25.6 Å². The van der Waals surface area contributed by atoms with Crippen LogP contribution >= 0.6 is 0 Å². The molecule has 0 aliphatic rings. The molecule has 2 heterocycles. The minimum Gasteiger partial charge on any atom is -0.480 e. The highest BCUT2D eigenvalue weighted by Crippen LogP contribution is 2.19. The van der Waals surface area contributed by atoms with Gasteiger partial charge in [0.25, 0.3) is 0 Å². The topological polar surface area (TPSA) is 161 Å². The first-order valence-corrected chi connectivity index (χ1v) is 10.2. The normalized spacial score (nSPS) is 12.0. The van der Waals surface area contributed by atoms with Crippen molar-refractivity contribution in [3.63, 3.8) is 0 Å². The molecule has 0 spiro atoms. The molecule has 0 atom stereocenters. The van der Waals surface area contributed by atoms with E-state index >= 15 is 0 Å². The van der Waals surface area contributed by atoms with Crippen molar-refractivity contribution in [2.45, 2.75) is 58.2 Å². The van der Waals surface area contributed by atoms with E-state index in [1.54, 1.807) is 10.9 Å².